The molecule has 4 rings (SSSR count). The van der Waals surface area contributed by atoms with E-state index in [1.807, 2.05) is 22.9 Å². The molecule has 0 radical (unpaired) electrons. The van der Waals surface area contributed by atoms with Crippen molar-refractivity contribution in [3.05, 3.63) is 63.5 Å². The molecule has 0 saturated carbocycles. The molecule has 0 fully saturated rings. The predicted molar refractivity (Wildman–Crippen MR) is 91.6 cm³/mol. The third-order valence-corrected chi connectivity index (χ3v) is 5.61. The monoisotopic (exact) mass is 342 g/mol. The van der Waals surface area contributed by atoms with Crippen molar-refractivity contribution in [2.75, 3.05) is 0 Å². The van der Waals surface area contributed by atoms with Crippen LogP contribution in [0, 0.1) is 0 Å². The van der Waals surface area contributed by atoms with Crippen LogP contribution in [0.4, 0.5) is 0 Å². The zero-order valence-electron chi connectivity index (χ0n) is 12.2. The number of thiophene rings is 2. The topological polar surface area (TPSA) is 50.5 Å². The molecule has 4 heterocycles. The number of hydrogen-bond donors (Lipinski definition) is 0. The van der Waals surface area contributed by atoms with Crippen molar-refractivity contribution in [2.24, 2.45) is 5.10 Å². The Morgan fingerprint density at radius 2 is 2.13 bits per heavy atom. The fourth-order valence-corrected chi connectivity index (χ4v) is 4.18. The second-order valence-corrected chi connectivity index (χ2v) is 7.16. The van der Waals surface area contributed by atoms with Crippen LogP contribution in [0.5, 0.6) is 0 Å². The van der Waals surface area contributed by atoms with E-state index in [1.54, 1.807) is 51.0 Å². The molecule has 23 heavy (non-hydrogen) atoms. The van der Waals surface area contributed by atoms with Gasteiger partial charge in [0.1, 0.15) is 6.54 Å². The highest BCUT2D eigenvalue weighted by atomic mass is 32.1. The van der Waals surface area contributed by atoms with Gasteiger partial charge in [0, 0.05) is 23.7 Å². The smallest absolute Gasteiger partial charge is 0.263 e. The van der Waals surface area contributed by atoms with Crippen molar-refractivity contribution in [1.29, 1.82) is 0 Å². The first-order valence-electron chi connectivity index (χ1n) is 7.24. The van der Waals surface area contributed by atoms with Crippen molar-refractivity contribution in [1.82, 2.24) is 14.6 Å². The summed E-state index contributed by atoms with van der Waals surface area (Å²) < 4.78 is 1.77. The summed E-state index contributed by atoms with van der Waals surface area (Å²) in [7, 11) is 0. The van der Waals surface area contributed by atoms with Gasteiger partial charge in [0.05, 0.1) is 23.0 Å². The van der Waals surface area contributed by atoms with Gasteiger partial charge in [0.25, 0.3) is 5.91 Å². The van der Waals surface area contributed by atoms with Crippen molar-refractivity contribution in [3.63, 3.8) is 0 Å². The van der Waals surface area contributed by atoms with Crippen LogP contribution < -0.4 is 0 Å². The maximum atomic E-state index is 12.7. The number of nitrogens with zero attached hydrogens (tertiary/aromatic N) is 4. The summed E-state index contributed by atoms with van der Waals surface area (Å²) in [5, 5.41) is 10.3. The summed E-state index contributed by atoms with van der Waals surface area (Å²) in [6.07, 6.45) is 5.88. The van der Waals surface area contributed by atoms with Crippen LogP contribution in [0.15, 0.2) is 58.8 Å². The van der Waals surface area contributed by atoms with Crippen molar-refractivity contribution < 1.29 is 4.79 Å². The van der Waals surface area contributed by atoms with Crippen LogP contribution in [-0.4, -0.2) is 26.2 Å². The van der Waals surface area contributed by atoms with E-state index in [1.165, 1.54) is 4.88 Å². The molecular weight excluding hydrogens is 328 g/mol. The molecule has 5 nitrogen and oxygen atoms in total. The number of carbonyl (C=O) groups is 1. The molecule has 0 spiro atoms. The Labute approximate surface area is 141 Å². The largest absolute Gasteiger partial charge is 0.328 e. The first kappa shape index (κ1) is 14.3. The average molecular weight is 342 g/mol. The normalized spacial score (nSPS) is 17.5. The summed E-state index contributed by atoms with van der Waals surface area (Å²) in [4.78, 5) is 19.0. The van der Waals surface area contributed by atoms with Gasteiger partial charge in [-0.05, 0) is 22.9 Å². The van der Waals surface area contributed by atoms with E-state index in [9.17, 15) is 4.79 Å². The Morgan fingerprint density at radius 3 is 2.83 bits per heavy atom. The highest BCUT2D eigenvalue weighted by Gasteiger charge is 2.33. The highest BCUT2D eigenvalue weighted by molar-refractivity contribution is 7.12. The van der Waals surface area contributed by atoms with Gasteiger partial charge in [-0.3, -0.25) is 4.79 Å². The Balaban J connectivity index is 1.63. The number of hydrazone groups is 1. The highest BCUT2D eigenvalue weighted by Crippen LogP contribution is 2.35. The molecule has 0 saturated heterocycles. The minimum atomic E-state index is -0.0204. The summed E-state index contributed by atoms with van der Waals surface area (Å²) in [5.41, 5.74) is 0.984. The lowest BCUT2D eigenvalue weighted by molar-refractivity contribution is -0.133. The Morgan fingerprint density at radius 1 is 1.26 bits per heavy atom. The first-order valence-corrected chi connectivity index (χ1v) is 9.00. The summed E-state index contributed by atoms with van der Waals surface area (Å²) in [6, 6.07) is 8.14. The van der Waals surface area contributed by atoms with E-state index in [0.29, 0.717) is 0 Å². The number of aromatic nitrogens is 2. The molecule has 3 aromatic rings. The lowest BCUT2D eigenvalue weighted by Crippen LogP contribution is -2.29. The van der Waals surface area contributed by atoms with Crippen molar-refractivity contribution >= 4 is 34.3 Å². The fraction of sp³-hybridized carbons (Fsp3) is 0.188. The van der Waals surface area contributed by atoms with Crippen molar-refractivity contribution in [2.45, 2.75) is 19.0 Å². The minimum Gasteiger partial charge on any atom is -0.328 e. The van der Waals surface area contributed by atoms with Gasteiger partial charge in [-0.1, -0.05) is 12.1 Å². The van der Waals surface area contributed by atoms with Crippen LogP contribution in [0.1, 0.15) is 22.2 Å². The van der Waals surface area contributed by atoms with Gasteiger partial charge in [0.2, 0.25) is 0 Å². The van der Waals surface area contributed by atoms with Crippen molar-refractivity contribution in [3.8, 4) is 0 Å². The molecule has 1 aliphatic rings. The molecule has 0 aliphatic carbocycles. The molecule has 0 bridgehead atoms. The second kappa shape index (κ2) is 6.10. The minimum absolute atomic E-state index is 0.0110. The Bertz CT molecular complexity index is 807. The quantitative estimate of drug-likeness (QED) is 0.730. The average Bonchev–Trinajstić information content (AvgIpc) is 3.30. The van der Waals surface area contributed by atoms with E-state index >= 15 is 0 Å². The number of rotatable bonds is 4. The summed E-state index contributed by atoms with van der Waals surface area (Å²) in [6.45, 7) is 0.253. The molecule has 1 unspecified atom stereocenters. The van der Waals surface area contributed by atoms with E-state index in [2.05, 4.69) is 22.2 Å². The van der Waals surface area contributed by atoms with E-state index < -0.39 is 0 Å². The number of amides is 1. The van der Waals surface area contributed by atoms with Gasteiger partial charge in [-0.2, -0.15) is 5.10 Å². The second-order valence-electron chi connectivity index (χ2n) is 5.23. The van der Waals surface area contributed by atoms with Gasteiger partial charge in [-0.25, -0.2) is 9.99 Å². The third kappa shape index (κ3) is 2.85. The maximum Gasteiger partial charge on any atom is 0.263 e. The fourth-order valence-electron chi connectivity index (χ4n) is 2.64. The lowest BCUT2D eigenvalue weighted by atomic mass is 10.1. The zero-order chi connectivity index (χ0) is 15.6. The SMILES string of the molecule is O=C(Cn1ccnc1)N1N=C(c2cccs2)CC1c1cccs1. The molecule has 1 atom stereocenters. The van der Waals surface area contributed by atoms with Crippen LogP contribution in [0.3, 0.4) is 0 Å². The molecule has 1 aliphatic heterocycles. The number of imidazole rings is 1. The van der Waals surface area contributed by atoms with E-state index in [-0.39, 0.29) is 18.5 Å². The Kier molecular flexibility index (Phi) is 3.80. The van der Waals surface area contributed by atoms with Gasteiger partial charge < -0.3 is 4.57 Å². The molecule has 1 amide bonds. The lowest BCUT2D eigenvalue weighted by Gasteiger charge is -2.20. The van der Waals surface area contributed by atoms with Gasteiger partial charge in [-0.15, -0.1) is 22.7 Å². The maximum absolute atomic E-state index is 12.7. The Hall–Kier alpha value is -2.25. The molecule has 7 heteroatoms. The number of hydrogen-bond acceptors (Lipinski definition) is 5. The van der Waals surface area contributed by atoms with Crippen LogP contribution in [-0.2, 0) is 11.3 Å². The molecule has 3 aromatic heterocycles. The molecule has 116 valence electrons. The molecule has 0 aromatic carbocycles. The predicted octanol–water partition coefficient (Wildman–Crippen LogP) is 3.38. The summed E-state index contributed by atoms with van der Waals surface area (Å²) in [5.74, 6) is -0.0204. The molecular formula is C16H14N4OS2. The van der Waals surface area contributed by atoms with Crippen LogP contribution >= 0.6 is 22.7 Å². The first-order chi connectivity index (χ1) is 11.3. The standard InChI is InChI=1S/C16H14N4OS2/c21-16(10-19-6-5-17-11-19)20-13(15-4-2-8-23-15)9-12(18-20)14-3-1-7-22-14/h1-8,11,13H,9-10H2. The third-order valence-electron chi connectivity index (χ3n) is 3.72. The molecule has 0 N–H and O–H groups in total. The number of carbonyl (C=O) groups excluding carboxylic acids is 1. The van der Waals surface area contributed by atoms with E-state index in [0.717, 1.165) is 17.0 Å². The summed E-state index contributed by atoms with van der Waals surface area (Å²) >= 11 is 3.32. The van der Waals surface area contributed by atoms with Crippen LogP contribution in [0.25, 0.3) is 0 Å². The van der Waals surface area contributed by atoms with Gasteiger partial charge in [0.15, 0.2) is 0 Å². The zero-order valence-corrected chi connectivity index (χ0v) is 13.8. The van der Waals surface area contributed by atoms with E-state index in [4.69, 9.17) is 0 Å². The van der Waals surface area contributed by atoms with Gasteiger partial charge >= 0.3 is 0 Å². The van der Waals surface area contributed by atoms with Crippen LogP contribution in [0.2, 0.25) is 0 Å².